The molecule has 113 heavy (non-hydrogen) atoms. The Labute approximate surface area is 660 Å². The van der Waals surface area contributed by atoms with Gasteiger partial charge in [0.15, 0.2) is 11.6 Å². The Morgan fingerprint density at radius 2 is 0.805 bits per heavy atom. The third kappa shape index (κ3) is 17.4. The number of nitrogens with one attached hydrogen (secondary N) is 2. The quantitative estimate of drug-likeness (QED) is 0.0672. The van der Waals surface area contributed by atoms with E-state index in [0.717, 1.165) is 172 Å². The minimum atomic E-state index is -0.509. The monoisotopic (exact) mass is 1530 g/mol. The van der Waals surface area contributed by atoms with Gasteiger partial charge in [-0.05, 0) is 194 Å². The standard InChI is InChI=1S/2C27H25N5O2.C25H23ClN2O2.C9H19N.C3H4N2/c2*33-24-9-4-3-8-23(24)31-17-29-26-21-7-2-1-6-20(21)19(15-22(26)27(31)34)14-18-10-11-25(28-16-18)32-13-5-12-30-32;26-18-11-9-16(10-12-18)13-17-14-21-24(20-6-2-1-5-19(17)20)27-15-28(25(21)30)22-7-3-4-8-23(22)29;1-3-8-6-4-5-7-9(8)10-2;1-2-4-5-3-1/h2*1-2,5-7,10-13,15-17,23-24,33H,3-4,8-9,14H2;1-2,5-6,9-12,14-15,22-23,29H,3-4,7-8,13H2;8-10H,3-7H2,1-2H3;1-3H,(H,4,5)/t2*23-,24-;22-,23-;8-,9-;/m0001./s1. The summed E-state index contributed by atoms with van der Waals surface area (Å²) in [6.07, 6.45) is 37.4. The lowest BCUT2D eigenvalue weighted by Gasteiger charge is -2.30. The fourth-order valence-corrected chi connectivity index (χ4v) is 17.3. The molecule has 0 amide bonds. The van der Waals surface area contributed by atoms with Gasteiger partial charge in [0.1, 0.15) is 0 Å². The zero-order valence-corrected chi connectivity index (χ0v) is 64.6. The Morgan fingerprint density at radius 3 is 1.13 bits per heavy atom. The van der Waals surface area contributed by atoms with E-state index in [-0.39, 0.29) is 34.8 Å². The fourth-order valence-electron chi connectivity index (χ4n) is 17.2. The number of aromatic amines is 1. The molecule has 0 aliphatic heterocycles. The highest BCUT2D eigenvalue weighted by atomic mass is 35.5. The van der Waals surface area contributed by atoms with Gasteiger partial charge in [0.05, 0.1) is 88.1 Å². The average Bonchev–Trinajstić information content (AvgIpc) is 0.789. The van der Waals surface area contributed by atoms with Crippen LogP contribution in [0.1, 0.15) is 168 Å². The topological polar surface area (TPSA) is 267 Å². The first-order valence-electron chi connectivity index (χ1n) is 39.9. The Bertz CT molecular complexity index is 5610. The van der Waals surface area contributed by atoms with Crippen LogP contribution >= 0.6 is 11.6 Å². The van der Waals surface area contributed by atoms with Gasteiger partial charge in [0.25, 0.3) is 16.7 Å². The number of benzene rings is 7. The number of pyridine rings is 2. The van der Waals surface area contributed by atoms with Crippen molar-refractivity contribution in [3.05, 3.63) is 296 Å². The van der Waals surface area contributed by atoms with Gasteiger partial charge in [0.2, 0.25) is 0 Å². The summed E-state index contributed by atoms with van der Waals surface area (Å²) in [5.41, 5.74) is 8.30. The van der Waals surface area contributed by atoms with Gasteiger partial charge in [-0.25, -0.2) is 34.3 Å². The highest BCUT2D eigenvalue weighted by molar-refractivity contribution is 6.30. The van der Waals surface area contributed by atoms with Gasteiger partial charge >= 0.3 is 0 Å². The summed E-state index contributed by atoms with van der Waals surface area (Å²) in [5, 5.41) is 58.3. The van der Waals surface area contributed by atoms with E-state index < -0.39 is 18.3 Å². The highest BCUT2D eigenvalue weighted by Crippen LogP contribution is 2.36. The van der Waals surface area contributed by atoms with Crippen LogP contribution in [0, 0.1) is 5.92 Å². The summed E-state index contributed by atoms with van der Waals surface area (Å²) in [5.74, 6) is 2.48. The molecule has 8 heterocycles. The summed E-state index contributed by atoms with van der Waals surface area (Å²) in [7, 11) is 2.10. The highest BCUT2D eigenvalue weighted by Gasteiger charge is 2.30. The molecule has 0 saturated heterocycles. The third-order valence-corrected chi connectivity index (χ3v) is 23.4. The lowest BCUT2D eigenvalue weighted by atomic mass is 9.83. The van der Waals surface area contributed by atoms with Crippen LogP contribution in [0.3, 0.4) is 0 Å². The van der Waals surface area contributed by atoms with Crippen LogP contribution in [0.4, 0.5) is 0 Å². The van der Waals surface area contributed by atoms with E-state index in [9.17, 15) is 29.7 Å². The third-order valence-electron chi connectivity index (χ3n) is 23.2. The second kappa shape index (κ2) is 36.1. The number of aromatic nitrogens is 14. The molecule has 0 unspecified atom stereocenters. The molecule has 4 fully saturated rings. The van der Waals surface area contributed by atoms with Crippen LogP contribution in [0.2, 0.25) is 5.02 Å². The molecule has 0 bridgehead atoms. The van der Waals surface area contributed by atoms with Crippen molar-refractivity contribution < 1.29 is 15.3 Å². The van der Waals surface area contributed by atoms with Gasteiger partial charge in [-0.3, -0.25) is 33.2 Å². The van der Waals surface area contributed by atoms with E-state index in [0.29, 0.717) is 51.5 Å². The fraction of sp³-hybridized carbons (Fsp3) is 0.330. The van der Waals surface area contributed by atoms with Crippen molar-refractivity contribution in [1.82, 2.24) is 73.7 Å². The van der Waals surface area contributed by atoms with Crippen molar-refractivity contribution in [3.8, 4) is 11.6 Å². The van der Waals surface area contributed by atoms with E-state index in [2.05, 4.69) is 72.8 Å². The summed E-state index contributed by atoms with van der Waals surface area (Å²) < 4.78 is 8.38. The number of fused-ring (bicyclic) bond motifs is 9. The second-order valence-electron chi connectivity index (χ2n) is 30.3. The Morgan fingerprint density at radius 1 is 0.425 bits per heavy atom. The molecule has 8 atom stereocenters. The van der Waals surface area contributed by atoms with Crippen molar-refractivity contribution in [2.45, 2.75) is 178 Å². The number of aliphatic hydroxyl groups excluding tert-OH is 3. The molecule has 7 aromatic carbocycles. The SMILES string of the molecule is CC[C@@H]1CCCC[C@H]1NC.O=c1c2cc(Cc3ccc(-n4cccn4)nc3)c3ccccc3c2ncn1[C@H]1CCCC[C@@H]1O.O=c1c2cc(Cc3ccc(-n4cccn4)nc3)c3ccccc3c2ncn1[C@H]1CCCC[C@@H]1O.O=c1c2cc(Cc3ccc(Cl)cc3)c3ccccc3c2ncn1[C@H]1CCCC[C@@H]1O.c1cn[nH]c1. The summed E-state index contributed by atoms with van der Waals surface area (Å²) in [6.45, 7) is 2.31. The van der Waals surface area contributed by atoms with Gasteiger partial charge in [-0.15, -0.1) is 0 Å². The molecule has 22 heteroatoms. The predicted molar refractivity (Wildman–Crippen MR) is 447 cm³/mol. The van der Waals surface area contributed by atoms with Gasteiger partial charge in [0, 0.05) is 76.8 Å². The Balaban J connectivity index is 0.000000122. The van der Waals surface area contributed by atoms with E-state index in [1.165, 1.54) is 32.1 Å². The molecule has 19 rings (SSSR count). The molecule has 8 aromatic heterocycles. The minimum absolute atomic E-state index is 0.0749. The van der Waals surface area contributed by atoms with Gasteiger partial charge in [-0.1, -0.05) is 173 Å². The number of nitrogens with zero attached hydrogens (tertiary/aromatic N) is 13. The summed E-state index contributed by atoms with van der Waals surface area (Å²) in [6, 6.07) is 51.7. The smallest absolute Gasteiger partial charge is 0.261 e. The lowest BCUT2D eigenvalue weighted by molar-refractivity contribution is 0.0733. The first-order chi connectivity index (χ1) is 55.4. The maximum Gasteiger partial charge on any atom is 0.261 e. The van der Waals surface area contributed by atoms with Crippen LogP contribution in [0.15, 0.2) is 241 Å². The van der Waals surface area contributed by atoms with Gasteiger partial charge < -0.3 is 20.6 Å². The average molecular weight is 1530 g/mol. The zero-order chi connectivity index (χ0) is 77.7. The van der Waals surface area contributed by atoms with Crippen molar-refractivity contribution in [1.29, 1.82) is 0 Å². The predicted octanol–water partition coefficient (Wildman–Crippen LogP) is 16.2. The number of halogens is 1. The molecular formula is C91H96ClN15O6. The van der Waals surface area contributed by atoms with Crippen molar-refractivity contribution in [3.63, 3.8) is 0 Å². The molecular weight excluding hydrogens is 1430 g/mol. The molecule has 15 aromatic rings. The van der Waals surface area contributed by atoms with Crippen LogP contribution in [-0.2, 0) is 19.3 Å². The Kier molecular flexibility index (Phi) is 24.6. The van der Waals surface area contributed by atoms with Crippen LogP contribution < -0.4 is 22.0 Å². The molecule has 4 aliphatic carbocycles. The normalized spacial score (nSPS) is 19.7. The van der Waals surface area contributed by atoms with E-state index in [1.54, 1.807) is 66.8 Å². The number of rotatable bonds is 13. The molecule has 4 aliphatic rings. The Hall–Kier alpha value is -11.2. The number of hydrogen-bond donors (Lipinski definition) is 5. The van der Waals surface area contributed by atoms with E-state index in [4.69, 9.17) is 21.6 Å². The molecule has 4 saturated carbocycles. The minimum Gasteiger partial charge on any atom is -0.391 e. The van der Waals surface area contributed by atoms with Crippen molar-refractivity contribution >= 4 is 76.6 Å². The molecule has 578 valence electrons. The maximum atomic E-state index is 13.6. The summed E-state index contributed by atoms with van der Waals surface area (Å²) >= 11 is 6.04. The zero-order valence-electron chi connectivity index (χ0n) is 63.9. The molecule has 21 nitrogen and oxygen atoms in total. The number of aliphatic hydroxyl groups is 3. The van der Waals surface area contributed by atoms with Crippen molar-refractivity contribution in [2.75, 3.05) is 7.05 Å². The summed E-state index contributed by atoms with van der Waals surface area (Å²) in [4.78, 5) is 63.8. The number of hydrogen-bond acceptors (Lipinski definition) is 15. The molecule has 0 radical (unpaired) electrons. The second-order valence-corrected chi connectivity index (χ2v) is 30.7. The van der Waals surface area contributed by atoms with Crippen molar-refractivity contribution in [2.24, 2.45) is 5.92 Å². The van der Waals surface area contributed by atoms with Gasteiger partial charge in [-0.2, -0.15) is 15.3 Å². The largest absolute Gasteiger partial charge is 0.391 e. The number of H-pyrrole nitrogens is 1. The maximum absolute atomic E-state index is 13.6. The first-order valence-corrected chi connectivity index (χ1v) is 40.3. The van der Waals surface area contributed by atoms with E-state index in [1.807, 2.05) is 164 Å². The van der Waals surface area contributed by atoms with E-state index >= 15 is 0 Å². The van der Waals surface area contributed by atoms with Crippen LogP contribution in [0.25, 0.3) is 76.7 Å². The van der Waals surface area contributed by atoms with Crippen LogP contribution in [0.5, 0.6) is 0 Å². The molecule has 5 N–H and O–H groups in total. The molecule has 0 spiro atoms. The first kappa shape index (κ1) is 77.1. The lowest BCUT2D eigenvalue weighted by Crippen LogP contribution is -2.35. The van der Waals surface area contributed by atoms with Crippen LogP contribution in [-0.4, -0.2) is 115 Å².